The lowest BCUT2D eigenvalue weighted by molar-refractivity contribution is -0.141. The molecule has 2 rings (SSSR count). The number of anilines is 1. The lowest BCUT2D eigenvalue weighted by Gasteiger charge is -2.28. The van der Waals surface area contributed by atoms with Gasteiger partial charge in [0.05, 0.1) is 5.92 Å². The highest BCUT2D eigenvalue weighted by Crippen LogP contribution is 2.36. The fourth-order valence-electron chi connectivity index (χ4n) is 2.47. The number of phenols is 1. The predicted octanol–water partition coefficient (Wildman–Crippen LogP) is 2.04. The molecule has 0 spiro atoms. The van der Waals surface area contributed by atoms with Crippen molar-refractivity contribution in [2.24, 2.45) is 5.92 Å². The minimum absolute atomic E-state index is 0.284. The van der Waals surface area contributed by atoms with Crippen LogP contribution in [0.15, 0.2) is 12.1 Å². The van der Waals surface area contributed by atoms with Crippen LogP contribution in [0.3, 0.4) is 0 Å². The van der Waals surface area contributed by atoms with E-state index in [2.05, 4.69) is 4.90 Å². The quantitative estimate of drug-likeness (QED) is 0.860. The number of aliphatic carboxylic acids is 1. The summed E-state index contributed by atoms with van der Waals surface area (Å²) in [6.45, 7) is 2.66. The number of carbonyl (C=O) groups is 1. The van der Waals surface area contributed by atoms with Crippen LogP contribution in [0.25, 0.3) is 0 Å². The van der Waals surface area contributed by atoms with Gasteiger partial charge < -0.3 is 15.1 Å². The van der Waals surface area contributed by atoms with Gasteiger partial charge in [0.15, 0.2) is 0 Å². The molecule has 0 saturated heterocycles. The lowest BCUT2D eigenvalue weighted by Crippen LogP contribution is -2.25. The molecular formula is C14H19NO3. The first-order valence-corrected chi connectivity index (χ1v) is 6.28. The molecule has 0 bridgehead atoms. The maximum absolute atomic E-state index is 10.9. The summed E-state index contributed by atoms with van der Waals surface area (Å²) in [4.78, 5) is 13.0. The van der Waals surface area contributed by atoms with E-state index in [1.54, 1.807) is 6.92 Å². The molecule has 18 heavy (non-hydrogen) atoms. The molecule has 98 valence electrons. The van der Waals surface area contributed by atoms with Gasteiger partial charge in [0.2, 0.25) is 0 Å². The van der Waals surface area contributed by atoms with Crippen molar-refractivity contribution in [3.05, 3.63) is 23.3 Å². The Morgan fingerprint density at radius 3 is 2.89 bits per heavy atom. The number of rotatable bonds is 3. The highest BCUT2D eigenvalue weighted by atomic mass is 16.4. The third kappa shape index (κ3) is 2.28. The molecule has 1 atom stereocenters. The van der Waals surface area contributed by atoms with Crippen molar-refractivity contribution in [3.8, 4) is 5.75 Å². The van der Waals surface area contributed by atoms with Crippen molar-refractivity contribution < 1.29 is 15.0 Å². The number of aromatic hydroxyl groups is 1. The third-order valence-electron chi connectivity index (χ3n) is 3.62. The number of benzene rings is 1. The second kappa shape index (κ2) is 4.88. The Morgan fingerprint density at radius 2 is 2.22 bits per heavy atom. The normalized spacial score (nSPS) is 16.2. The predicted molar refractivity (Wildman–Crippen MR) is 70.2 cm³/mol. The van der Waals surface area contributed by atoms with E-state index in [0.29, 0.717) is 6.42 Å². The largest absolute Gasteiger partial charge is 0.507 e. The summed E-state index contributed by atoms with van der Waals surface area (Å²) in [6, 6.07) is 3.83. The zero-order valence-electron chi connectivity index (χ0n) is 10.8. The number of fused-ring (bicyclic) bond motifs is 1. The van der Waals surface area contributed by atoms with Crippen LogP contribution in [0.1, 0.15) is 24.5 Å². The van der Waals surface area contributed by atoms with E-state index < -0.39 is 11.9 Å². The van der Waals surface area contributed by atoms with Crippen LogP contribution in [-0.4, -0.2) is 29.8 Å². The molecule has 0 aromatic heterocycles. The molecule has 1 aromatic rings. The molecule has 2 N–H and O–H groups in total. The Kier molecular flexibility index (Phi) is 3.45. The van der Waals surface area contributed by atoms with Crippen molar-refractivity contribution in [2.45, 2.75) is 26.2 Å². The highest BCUT2D eigenvalue weighted by Gasteiger charge is 2.21. The van der Waals surface area contributed by atoms with Crippen LogP contribution in [0.2, 0.25) is 0 Å². The number of carboxylic acid groups (broad SMARTS) is 1. The van der Waals surface area contributed by atoms with Gasteiger partial charge in [-0.25, -0.2) is 0 Å². The number of hydrogen-bond acceptors (Lipinski definition) is 3. The van der Waals surface area contributed by atoms with Gasteiger partial charge in [-0.3, -0.25) is 4.79 Å². The molecule has 0 aliphatic carbocycles. The van der Waals surface area contributed by atoms with Crippen molar-refractivity contribution in [1.29, 1.82) is 0 Å². The summed E-state index contributed by atoms with van der Waals surface area (Å²) < 4.78 is 0. The van der Waals surface area contributed by atoms with E-state index in [1.807, 2.05) is 19.2 Å². The van der Waals surface area contributed by atoms with E-state index in [1.165, 1.54) is 0 Å². The molecule has 0 amide bonds. The monoisotopic (exact) mass is 249 g/mol. The topological polar surface area (TPSA) is 60.8 Å². The lowest BCUT2D eigenvalue weighted by atomic mass is 9.93. The van der Waals surface area contributed by atoms with Crippen molar-refractivity contribution >= 4 is 11.7 Å². The van der Waals surface area contributed by atoms with Gasteiger partial charge >= 0.3 is 5.97 Å². The highest BCUT2D eigenvalue weighted by molar-refractivity contribution is 5.70. The van der Waals surface area contributed by atoms with E-state index >= 15 is 0 Å². The van der Waals surface area contributed by atoms with Crippen molar-refractivity contribution in [1.82, 2.24) is 0 Å². The van der Waals surface area contributed by atoms with Gasteiger partial charge in [0.25, 0.3) is 0 Å². The first kappa shape index (κ1) is 12.7. The summed E-state index contributed by atoms with van der Waals surface area (Å²) >= 11 is 0. The van der Waals surface area contributed by atoms with Gasteiger partial charge in [-0.15, -0.1) is 0 Å². The number of nitrogens with zero attached hydrogens (tertiary/aromatic N) is 1. The smallest absolute Gasteiger partial charge is 0.306 e. The standard InChI is InChI=1S/C14H19NO3/c1-9(14(17)18)8-10-5-6-12-11(13(10)16)4-3-7-15(12)2/h5-6,9,16H,3-4,7-8H2,1-2H3,(H,17,18). The SMILES string of the molecule is CC(Cc1ccc2c(c1O)CCCN2C)C(=O)O. The van der Waals surface area contributed by atoms with Gasteiger partial charge in [-0.05, 0) is 30.9 Å². The van der Waals surface area contributed by atoms with E-state index in [0.717, 1.165) is 36.2 Å². The molecule has 4 nitrogen and oxygen atoms in total. The zero-order chi connectivity index (χ0) is 13.3. The van der Waals surface area contributed by atoms with Crippen molar-refractivity contribution in [2.75, 3.05) is 18.5 Å². The Balaban J connectivity index is 2.32. The Hall–Kier alpha value is -1.71. The summed E-state index contributed by atoms with van der Waals surface area (Å²) in [5, 5.41) is 19.2. The second-order valence-corrected chi connectivity index (χ2v) is 5.04. The molecule has 0 fully saturated rings. The van der Waals surface area contributed by atoms with E-state index in [-0.39, 0.29) is 5.75 Å². The summed E-state index contributed by atoms with van der Waals surface area (Å²) in [7, 11) is 2.01. The van der Waals surface area contributed by atoms with Crippen LogP contribution in [0.5, 0.6) is 5.75 Å². The first-order chi connectivity index (χ1) is 8.50. The minimum atomic E-state index is -0.829. The Morgan fingerprint density at radius 1 is 1.50 bits per heavy atom. The number of carboxylic acids is 1. The second-order valence-electron chi connectivity index (χ2n) is 5.04. The van der Waals surface area contributed by atoms with Crippen LogP contribution >= 0.6 is 0 Å². The molecule has 1 aliphatic heterocycles. The average Bonchev–Trinajstić information content (AvgIpc) is 2.33. The van der Waals surface area contributed by atoms with Crippen LogP contribution in [0.4, 0.5) is 5.69 Å². The fraction of sp³-hybridized carbons (Fsp3) is 0.500. The molecule has 4 heteroatoms. The summed E-state index contributed by atoms with van der Waals surface area (Å²) in [5.41, 5.74) is 2.75. The maximum atomic E-state index is 10.9. The molecule has 1 unspecified atom stereocenters. The van der Waals surface area contributed by atoms with E-state index in [9.17, 15) is 9.90 Å². The van der Waals surface area contributed by atoms with Gasteiger partial charge in [-0.1, -0.05) is 13.0 Å². The number of phenolic OH excluding ortho intramolecular Hbond substituents is 1. The first-order valence-electron chi connectivity index (χ1n) is 6.28. The van der Waals surface area contributed by atoms with Crippen LogP contribution in [-0.2, 0) is 17.6 Å². The molecular weight excluding hydrogens is 230 g/mol. The average molecular weight is 249 g/mol. The summed E-state index contributed by atoms with van der Waals surface area (Å²) in [6.07, 6.45) is 2.26. The van der Waals surface area contributed by atoms with Crippen LogP contribution < -0.4 is 4.90 Å². The molecule has 0 saturated carbocycles. The zero-order valence-corrected chi connectivity index (χ0v) is 10.8. The van der Waals surface area contributed by atoms with Crippen LogP contribution in [0, 0.1) is 5.92 Å². The summed E-state index contributed by atoms with van der Waals surface area (Å²) in [5.74, 6) is -1.02. The molecule has 1 aliphatic rings. The van der Waals surface area contributed by atoms with Gasteiger partial charge in [0.1, 0.15) is 5.75 Å². The Bertz CT molecular complexity index is 470. The number of hydrogen-bond donors (Lipinski definition) is 2. The maximum Gasteiger partial charge on any atom is 0.306 e. The fourth-order valence-corrected chi connectivity index (χ4v) is 2.47. The molecule has 0 radical (unpaired) electrons. The van der Waals surface area contributed by atoms with Gasteiger partial charge in [-0.2, -0.15) is 0 Å². The molecule has 1 aromatic carbocycles. The van der Waals surface area contributed by atoms with E-state index in [4.69, 9.17) is 5.11 Å². The Labute approximate surface area is 107 Å². The molecule has 1 heterocycles. The van der Waals surface area contributed by atoms with Gasteiger partial charge in [0, 0.05) is 24.8 Å². The van der Waals surface area contributed by atoms with Crippen molar-refractivity contribution in [3.63, 3.8) is 0 Å². The third-order valence-corrected chi connectivity index (χ3v) is 3.62. The minimum Gasteiger partial charge on any atom is -0.507 e.